The summed E-state index contributed by atoms with van der Waals surface area (Å²) in [6, 6.07) is 6.17. The summed E-state index contributed by atoms with van der Waals surface area (Å²) in [6.45, 7) is 2.64. The molecule has 1 saturated heterocycles. The highest BCUT2D eigenvalue weighted by atomic mass is 32.2. The number of pyridine rings is 1. The zero-order chi connectivity index (χ0) is 26.1. The van der Waals surface area contributed by atoms with Crippen LogP contribution in [0.2, 0.25) is 0 Å². The Hall–Kier alpha value is -3.24. The minimum atomic E-state index is -0.491. The van der Waals surface area contributed by atoms with Gasteiger partial charge in [0.15, 0.2) is 17.9 Å². The Morgan fingerprint density at radius 2 is 2.08 bits per heavy atom. The fraction of sp³-hybridized carbons (Fsp3) is 0.429. The van der Waals surface area contributed by atoms with Crippen molar-refractivity contribution in [2.75, 3.05) is 36.5 Å². The van der Waals surface area contributed by atoms with Gasteiger partial charge in [-0.05, 0) is 55.5 Å². The number of hydrogen-bond acceptors (Lipinski definition) is 9. The van der Waals surface area contributed by atoms with Crippen molar-refractivity contribution in [2.45, 2.75) is 37.8 Å². The van der Waals surface area contributed by atoms with Gasteiger partial charge in [0.25, 0.3) is 0 Å². The van der Waals surface area contributed by atoms with Gasteiger partial charge in [0.1, 0.15) is 29.7 Å². The second-order valence-electron chi connectivity index (χ2n) is 10.3. The lowest BCUT2D eigenvalue weighted by atomic mass is 9.61. The number of nitrogens with zero attached hydrogens (tertiary/aromatic N) is 4. The lowest BCUT2D eigenvalue weighted by Gasteiger charge is -2.59. The molecular formula is C28H30FN5O3S. The van der Waals surface area contributed by atoms with Crippen LogP contribution in [0.15, 0.2) is 43.0 Å². The molecule has 0 amide bonds. The van der Waals surface area contributed by atoms with Crippen molar-refractivity contribution >= 4 is 23.9 Å². The summed E-state index contributed by atoms with van der Waals surface area (Å²) in [5, 5.41) is 3.65. The van der Waals surface area contributed by atoms with E-state index in [1.54, 1.807) is 6.20 Å². The van der Waals surface area contributed by atoms with Crippen LogP contribution in [0.1, 0.15) is 46.9 Å². The van der Waals surface area contributed by atoms with Crippen molar-refractivity contribution in [3.8, 4) is 17.2 Å². The standard InChI is InChI=1S/C28H30FN5O3S/c1-38-9-6-22-26-21(4-7-31-22)32-8-5-24(26)36-20-11-28(12-20)15-34(16-28)27-25(13-30-17-33-27)37-23-3-2-19(29)10-18(23)14-35/h2-3,5,8,10,13-14,17,20,22,31H,4,6-7,9,11-12,15-16H2,1H3. The van der Waals surface area contributed by atoms with Gasteiger partial charge in [-0.1, -0.05) is 0 Å². The lowest BCUT2D eigenvalue weighted by Crippen LogP contribution is -2.65. The number of ether oxygens (including phenoxy) is 2. The van der Waals surface area contributed by atoms with Crippen LogP contribution in [0.3, 0.4) is 0 Å². The van der Waals surface area contributed by atoms with E-state index in [1.165, 1.54) is 24.0 Å². The smallest absolute Gasteiger partial charge is 0.188 e. The molecule has 0 bridgehead atoms. The summed E-state index contributed by atoms with van der Waals surface area (Å²) < 4.78 is 26.0. The summed E-state index contributed by atoms with van der Waals surface area (Å²) in [5.41, 5.74) is 2.73. The van der Waals surface area contributed by atoms with Crippen molar-refractivity contribution in [1.82, 2.24) is 20.3 Å². The molecule has 10 heteroatoms. The maximum atomic E-state index is 13.5. The number of thioether (sulfide) groups is 1. The first-order valence-corrected chi connectivity index (χ1v) is 14.3. The van der Waals surface area contributed by atoms with E-state index in [-0.39, 0.29) is 22.8 Å². The number of fused-ring (bicyclic) bond motifs is 1. The Kier molecular flexibility index (Phi) is 6.92. The summed E-state index contributed by atoms with van der Waals surface area (Å²) in [4.78, 5) is 26.7. The molecule has 1 aliphatic carbocycles. The van der Waals surface area contributed by atoms with Gasteiger partial charge in [0.2, 0.25) is 0 Å². The largest absolute Gasteiger partial charge is 0.490 e. The van der Waals surface area contributed by atoms with Crippen molar-refractivity contribution in [2.24, 2.45) is 5.41 Å². The molecule has 8 nitrogen and oxygen atoms in total. The third-order valence-corrected chi connectivity index (χ3v) is 8.33. The van der Waals surface area contributed by atoms with E-state index in [9.17, 15) is 9.18 Å². The van der Waals surface area contributed by atoms with Crippen LogP contribution in [0, 0.1) is 11.2 Å². The van der Waals surface area contributed by atoms with Crippen LogP contribution >= 0.6 is 11.8 Å². The molecular weight excluding hydrogens is 505 g/mol. The van der Waals surface area contributed by atoms with Crippen molar-refractivity contribution < 1.29 is 18.7 Å². The molecule has 3 aromatic rings. The molecule has 2 aliphatic heterocycles. The summed E-state index contributed by atoms with van der Waals surface area (Å²) >= 11 is 1.86. The first-order chi connectivity index (χ1) is 18.6. The van der Waals surface area contributed by atoms with Gasteiger partial charge in [0, 0.05) is 49.3 Å². The van der Waals surface area contributed by atoms with Crippen LogP contribution in [0.25, 0.3) is 0 Å². The van der Waals surface area contributed by atoms with Gasteiger partial charge in [-0.25, -0.2) is 14.4 Å². The van der Waals surface area contributed by atoms with Crippen molar-refractivity contribution in [1.29, 1.82) is 0 Å². The van der Waals surface area contributed by atoms with E-state index in [0.717, 1.165) is 68.6 Å². The van der Waals surface area contributed by atoms with E-state index < -0.39 is 5.82 Å². The molecule has 2 aromatic heterocycles. The fourth-order valence-electron chi connectivity index (χ4n) is 5.90. The van der Waals surface area contributed by atoms with E-state index in [2.05, 4.69) is 31.4 Å². The number of carbonyl (C=O) groups is 1. The highest BCUT2D eigenvalue weighted by Crippen LogP contribution is 2.52. The van der Waals surface area contributed by atoms with Crippen molar-refractivity contribution in [3.05, 3.63) is 65.6 Å². The molecule has 1 N–H and O–H groups in total. The number of aromatic nitrogens is 3. The number of nitrogens with one attached hydrogen (secondary N) is 1. The van der Waals surface area contributed by atoms with Gasteiger partial charge in [-0.3, -0.25) is 9.78 Å². The highest BCUT2D eigenvalue weighted by molar-refractivity contribution is 7.98. The summed E-state index contributed by atoms with van der Waals surface area (Å²) in [5.74, 6) is 2.96. The zero-order valence-electron chi connectivity index (χ0n) is 21.2. The monoisotopic (exact) mass is 535 g/mol. The first kappa shape index (κ1) is 25.1. The molecule has 2 fully saturated rings. The average molecular weight is 536 g/mol. The van der Waals surface area contributed by atoms with Crippen LogP contribution in [-0.4, -0.2) is 59.0 Å². The minimum absolute atomic E-state index is 0.142. The topological polar surface area (TPSA) is 89.5 Å². The number of aldehydes is 1. The maximum absolute atomic E-state index is 13.5. The minimum Gasteiger partial charge on any atom is -0.490 e. The van der Waals surface area contributed by atoms with Gasteiger partial charge in [-0.15, -0.1) is 0 Å². The molecule has 1 spiro atoms. The molecule has 1 saturated carbocycles. The average Bonchev–Trinajstić information content (AvgIpc) is 2.89. The van der Waals surface area contributed by atoms with Gasteiger partial charge >= 0.3 is 0 Å². The molecule has 38 heavy (non-hydrogen) atoms. The zero-order valence-corrected chi connectivity index (χ0v) is 22.0. The number of hydrogen-bond donors (Lipinski definition) is 1. The van der Waals surface area contributed by atoms with E-state index >= 15 is 0 Å². The van der Waals surface area contributed by atoms with E-state index in [4.69, 9.17) is 9.47 Å². The molecule has 1 aromatic carbocycles. The SMILES string of the molecule is CSCCC1NCCc2nccc(OC3CC4(C3)CN(c3ncncc3Oc3ccc(F)cc3C=O)C4)c21. The van der Waals surface area contributed by atoms with Gasteiger partial charge < -0.3 is 19.7 Å². The lowest BCUT2D eigenvalue weighted by molar-refractivity contribution is -0.0351. The number of benzene rings is 1. The van der Waals surface area contributed by atoms with E-state index in [1.807, 2.05) is 24.0 Å². The number of anilines is 1. The summed E-state index contributed by atoms with van der Waals surface area (Å²) in [6.07, 6.45) is 11.8. The first-order valence-electron chi connectivity index (χ1n) is 12.9. The molecule has 1 unspecified atom stereocenters. The Morgan fingerprint density at radius 3 is 2.89 bits per heavy atom. The molecule has 4 heterocycles. The highest BCUT2D eigenvalue weighted by Gasteiger charge is 2.54. The second kappa shape index (κ2) is 10.5. The van der Waals surface area contributed by atoms with E-state index in [0.29, 0.717) is 23.9 Å². The molecule has 198 valence electrons. The fourth-order valence-corrected chi connectivity index (χ4v) is 6.37. The molecule has 3 aliphatic rings. The Labute approximate surface area is 225 Å². The van der Waals surface area contributed by atoms with Crippen LogP contribution in [-0.2, 0) is 6.42 Å². The predicted molar refractivity (Wildman–Crippen MR) is 144 cm³/mol. The van der Waals surface area contributed by atoms with Gasteiger partial charge in [-0.2, -0.15) is 11.8 Å². The van der Waals surface area contributed by atoms with Crippen molar-refractivity contribution in [3.63, 3.8) is 0 Å². The normalized spacial score (nSPS) is 19.8. The van der Waals surface area contributed by atoms with Crippen LogP contribution in [0.4, 0.5) is 10.2 Å². The maximum Gasteiger partial charge on any atom is 0.188 e. The third kappa shape index (κ3) is 4.82. The summed E-state index contributed by atoms with van der Waals surface area (Å²) in [7, 11) is 0. The third-order valence-electron chi connectivity index (χ3n) is 7.69. The predicted octanol–water partition coefficient (Wildman–Crippen LogP) is 4.60. The van der Waals surface area contributed by atoms with Gasteiger partial charge in [0.05, 0.1) is 17.5 Å². The quantitative estimate of drug-likeness (QED) is 0.395. The Balaban J connectivity index is 1.10. The molecule has 1 atom stereocenters. The number of halogens is 1. The molecule has 6 rings (SSSR count). The van der Waals surface area contributed by atoms with Crippen LogP contribution in [0.5, 0.6) is 17.2 Å². The number of rotatable bonds is 9. The van der Waals surface area contributed by atoms with Crippen LogP contribution < -0.4 is 19.7 Å². The number of carbonyl (C=O) groups excluding carboxylic acids is 1. The second-order valence-corrected chi connectivity index (χ2v) is 11.3. The molecule has 0 radical (unpaired) electrons. The Bertz CT molecular complexity index is 1330. The Morgan fingerprint density at radius 1 is 1.21 bits per heavy atom.